The summed E-state index contributed by atoms with van der Waals surface area (Å²) in [5, 5.41) is 10.6. The number of benzene rings is 2. The Hall–Kier alpha value is -1.32. The van der Waals surface area contributed by atoms with Gasteiger partial charge in [-0.15, -0.1) is 0 Å². The molecule has 20 heavy (non-hydrogen) atoms. The van der Waals surface area contributed by atoms with Gasteiger partial charge in [0.25, 0.3) is 0 Å². The summed E-state index contributed by atoms with van der Waals surface area (Å²) in [6.07, 6.45) is -0.529. The standard InChI is InChI=1S/C17H19BrO2/c1-11(2)20-14-7-4-6-13(10-14)17(19)15-8-5-9-16(18)12(15)3/h4-11,17,19H,1-3H3. The van der Waals surface area contributed by atoms with Gasteiger partial charge in [0.2, 0.25) is 0 Å². The average Bonchev–Trinajstić information content (AvgIpc) is 2.41. The molecular weight excluding hydrogens is 316 g/mol. The Bertz CT molecular complexity index is 593. The van der Waals surface area contributed by atoms with Gasteiger partial charge in [-0.3, -0.25) is 0 Å². The molecule has 1 unspecified atom stereocenters. The molecule has 106 valence electrons. The van der Waals surface area contributed by atoms with Crippen molar-refractivity contribution in [1.82, 2.24) is 0 Å². The van der Waals surface area contributed by atoms with Crippen molar-refractivity contribution in [1.29, 1.82) is 0 Å². The first-order chi connectivity index (χ1) is 9.49. The number of hydrogen-bond donors (Lipinski definition) is 1. The van der Waals surface area contributed by atoms with Crippen LogP contribution in [0.2, 0.25) is 0 Å². The summed E-state index contributed by atoms with van der Waals surface area (Å²) in [7, 11) is 0. The molecule has 0 heterocycles. The van der Waals surface area contributed by atoms with E-state index in [1.807, 2.05) is 63.2 Å². The molecule has 1 N–H and O–H groups in total. The second-order valence-electron chi connectivity index (χ2n) is 5.10. The molecule has 2 aromatic carbocycles. The second kappa shape index (κ2) is 6.42. The number of ether oxygens (including phenoxy) is 1. The van der Waals surface area contributed by atoms with E-state index in [1.165, 1.54) is 0 Å². The fourth-order valence-electron chi connectivity index (χ4n) is 2.13. The molecule has 2 nitrogen and oxygen atoms in total. The molecule has 0 saturated carbocycles. The molecule has 0 aliphatic rings. The number of halogens is 1. The van der Waals surface area contributed by atoms with E-state index in [2.05, 4.69) is 15.9 Å². The fraction of sp³-hybridized carbons (Fsp3) is 0.294. The van der Waals surface area contributed by atoms with E-state index in [0.717, 1.165) is 26.9 Å². The van der Waals surface area contributed by atoms with E-state index in [9.17, 15) is 5.11 Å². The minimum Gasteiger partial charge on any atom is -0.491 e. The Morgan fingerprint density at radius 1 is 1.10 bits per heavy atom. The van der Waals surface area contributed by atoms with Crippen LogP contribution in [0.5, 0.6) is 5.75 Å². The third-order valence-corrected chi connectivity index (χ3v) is 4.01. The maximum absolute atomic E-state index is 10.6. The largest absolute Gasteiger partial charge is 0.491 e. The highest BCUT2D eigenvalue weighted by Gasteiger charge is 2.15. The Balaban J connectivity index is 2.33. The van der Waals surface area contributed by atoms with Crippen molar-refractivity contribution in [3.63, 3.8) is 0 Å². The van der Waals surface area contributed by atoms with Gasteiger partial charge in [-0.25, -0.2) is 0 Å². The SMILES string of the molecule is Cc1c(Br)cccc1C(O)c1cccc(OC(C)C)c1. The summed E-state index contributed by atoms with van der Waals surface area (Å²) in [5.74, 6) is 0.782. The molecule has 0 bridgehead atoms. The summed E-state index contributed by atoms with van der Waals surface area (Å²) >= 11 is 3.50. The number of rotatable bonds is 4. The number of hydrogen-bond acceptors (Lipinski definition) is 2. The van der Waals surface area contributed by atoms with Crippen LogP contribution in [0.4, 0.5) is 0 Å². The van der Waals surface area contributed by atoms with Crippen molar-refractivity contribution in [2.24, 2.45) is 0 Å². The number of aliphatic hydroxyl groups excluding tert-OH is 1. The summed E-state index contributed by atoms with van der Waals surface area (Å²) in [6, 6.07) is 13.5. The molecule has 3 heteroatoms. The van der Waals surface area contributed by atoms with E-state index in [4.69, 9.17) is 4.74 Å². The summed E-state index contributed by atoms with van der Waals surface area (Å²) < 4.78 is 6.68. The van der Waals surface area contributed by atoms with Crippen molar-refractivity contribution in [2.75, 3.05) is 0 Å². The molecule has 0 spiro atoms. The number of aliphatic hydroxyl groups is 1. The molecule has 0 saturated heterocycles. The zero-order chi connectivity index (χ0) is 14.7. The minimum atomic E-state index is -0.650. The minimum absolute atomic E-state index is 0.120. The topological polar surface area (TPSA) is 29.5 Å². The highest BCUT2D eigenvalue weighted by atomic mass is 79.9. The van der Waals surface area contributed by atoms with Crippen molar-refractivity contribution < 1.29 is 9.84 Å². The first kappa shape index (κ1) is 15.1. The Morgan fingerprint density at radius 2 is 1.80 bits per heavy atom. The van der Waals surface area contributed by atoms with Crippen LogP contribution in [0.25, 0.3) is 0 Å². The monoisotopic (exact) mass is 334 g/mol. The van der Waals surface area contributed by atoms with Gasteiger partial charge in [-0.2, -0.15) is 0 Å². The van der Waals surface area contributed by atoms with Crippen LogP contribution < -0.4 is 4.74 Å². The molecule has 1 atom stereocenters. The lowest BCUT2D eigenvalue weighted by Gasteiger charge is -2.17. The Labute approximate surface area is 128 Å². The molecule has 0 amide bonds. The first-order valence-electron chi connectivity index (χ1n) is 6.68. The predicted octanol–water partition coefficient (Wildman–Crippen LogP) is 4.63. The van der Waals surface area contributed by atoms with Gasteiger partial charge in [-0.05, 0) is 55.7 Å². The molecule has 0 fully saturated rings. The molecule has 0 aliphatic heterocycles. The third-order valence-electron chi connectivity index (χ3n) is 3.15. The summed E-state index contributed by atoms with van der Waals surface area (Å²) in [5.41, 5.74) is 2.79. The van der Waals surface area contributed by atoms with E-state index in [1.54, 1.807) is 0 Å². The van der Waals surface area contributed by atoms with Crippen LogP contribution in [-0.2, 0) is 0 Å². The van der Waals surface area contributed by atoms with E-state index in [0.29, 0.717) is 0 Å². The van der Waals surface area contributed by atoms with Crippen LogP contribution in [0.1, 0.15) is 36.6 Å². The van der Waals surface area contributed by atoms with Gasteiger partial charge in [-0.1, -0.05) is 40.2 Å². The molecular formula is C17H19BrO2. The first-order valence-corrected chi connectivity index (χ1v) is 7.48. The van der Waals surface area contributed by atoms with Crippen molar-refractivity contribution in [3.05, 3.63) is 63.6 Å². The van der Waals surface area contributed by atoms with E-state index >= 15 is 0 Å². The lowest BCUT2D eigenvalue weighted by Crippen LogP contribution is -2.07. The lowest BCUT2D eigenvalue weighted by atomic mass is 9.97. The lowest BCUT2D eigenvalue weighted by molar-refractivity contribution is 0.215. The van der Waals surface area contributed by atoms with Crippen LogP contribution in [0.3, 0.4) is 0 Å². The fourth-order valence-corrected chi connectivity index (χ4v) is 2.51. The Kier molecular flexibility index (Phi) is 4.84. The smallest absolute Gasteiger partial charge is 0.120 e. The molecule has 0 aliphatic carbocycles. The van der Waals surface area contributed by atoms with Gasteiger partial charge in [0.15, 0.2) is 0 Å². The Morgan fingerprint density at radius 3 is 2.50 bits per heavy atom. The zero-order valence-corrected chi connectivity index (χ0v) is 13.5. The van der Waals surface area contributed by atoms with Gasteiger partial charge >= 0.3 is 0 Å². The van der Waals surface area contributed by atoms with Crippen molar-refractivity contribution in [3.8, 4) is 5.75 Å². The highest BCUT2D eigenvalue weighted by molar-refractivity contribution is 9.10. The van der Waals surface area contributed by atoms with Crippen LogP contribution in [-0.4, -0.2) is 11.2 Å². The maximum atomic E-state index is 10.6. The summed E-state index contributed by atoms with van der Waals surface area (Å²) in [4.78, 5) is 0. The molecule has 2 rings (SSSR count). The highest BCUT2D eigenvalue weighted by Crippen LogP contribution is 2.30. The van der Waals surface area contributed by atoms with Gasteiger partial charge in [0, 0.05) is 4.47 Å². The average molecular weight is 335 g/mol. The predicted molar refractivity (Wildman–Crippen MR) is 85.1 cm³/mol. The molecule has 2 aromatic rings. The maximum Gasteiger partial charge on any atom is 0.120 e. The molecule has 0 radical (unpaired) electrons. The normalized spacial score (nSPS) is 12.5. The zero-order valence-electron chi connectivity index (χ0n) is 11.9. The molecule has 0 aromatic heterocycles. The quantitative estimate of drug-likeness (QED) is 0.883. The van der Waals surface area contributed by atoms with Gasteiger partial charge in [0.1, 0.15) is 11.9 Å². The van der Waals surface area contributed by atoms with Crippen LogP contribution in [0, 0.1) is 6.92 Å². The third kappa shape index (κ3) is 3.41. The van der Waals surface area contributed by atoms with Crippen LogP contribution >= 0.6 is 15.9 Å². The van der Waals surface area contributed by atoms with Gasteiger partial charge < -0.3 is 9.84 Å². The van der Waals surface area contributed by atoms with E-state index < -0.39 is 6.10 Å². The van der Waals surface area contributed by atoms with Crippen LogP contribution in [0.15, 0.2) is 46.9 Å². The van der Waals surface area contributed by atoms with Crippen molar-refractivity contribution in [2.45, 2.75) is 33.0 Å². The summed E-state index contributed by atoms with van der Waals surface area (Å²) in [6.45, 7) is 5.97. The second-order valence-corrected chi connectivity index (χ2v) is 5.95. The van der Waals surface area contributed by atoms with Gasteiger partial charge in [0.05, 0.1) is 6.10 Å². The van der Waals surface area contributed by atoms with E-state index in [-0.39, 0.29) is 6.10 Å². The van der Waals surface area contributed by atoms with Crippen molar-refractivity contribution >= 4 is 15.9 Å².